The normalized spacial score (nSPS) is 28.4. The van der Waals surface area contributed by atoms with Gasteiger partial charge in [-0.05, 0) is 25.7 Å². The van der Waals surface area contributed by atoms with Gasteiger partial charge in [-0.1, -0.05) is 20.3 Å². The predicted octanol–water partition coefficient (Wildman–Crippen LogP) is 2.15. The van der Waals surface area contributed by atoms with Crippen LogP contribution in [-0.4, -0.2) is 64.9 Å². The number of likely N-dealkylation sites (tertiary alicyclic amines) is 2. The van der Waals surface area contributed by atoms with Gasteiger partial charge in [-0.3, -0.25) is 9.59 Å². The van der Waals surface area contributed by atoms with Gasteiger partial charge in [-0.25, -0.2) is 4.98 Å². The van der Waals surface area contributed by atoms with Crippen LogP contribution in [0.5, 0.6) is 0 Å². The zero-order valence-electron chi connectivity index (χ0n) is 16.5. The van der Waals surface area contributed by atoms with E-state index in [0.717, 1.165) is 43.0 Å². The van der Waals surface area contributed by atoms with Crippen molar-refractivity contribution in [1.82, 2.24) is 20.1 Å². The highest BCUT2D eigenvalue weighted by Gasteiger charge is 2.57. The molecular weight excluding hydrogens is 360 g/mol. The second kappa shape index (κ2) is 7.17. The fourth-order valence-corrected chi connectivity index (χ4v) is 5.89. The number of aromatic nitrogens is 1. The molecule has 3 saturated heterocycles. The Balaban J connectivity index is 1.42. The molecule has 4 heterocycles. The van der Waals surface area contributed by atoms with E-state index in [1.165, 1.54) is 17.8 Å². The largest absolute Gasteiger partial charge is 0.350 e. The summed E-state index contributed by atoms with van der Waals surface area (Å²) in [6.45, 7) is 10.8. The van der Waals surface area contributed by atoms with Crippen molar-refractivity contribution in [2.24, 2.45) is 17.8 Å². The van der Waals surface area contributed by atoms with Gasteiger partial charge in [0.2, 0.25) is 5.91 Å². The Bertz CT molecular complexity index is 725. The Morgan fingerprint density at radius 1 is 1.41 bits per heavy atom. The highest BCUT2D eigenvalue weighted by atomic mass is 32.1. The molecule has 4 rings (SSSR count). The molecule has 6 nitrogen and oxygen atoms in total. The van der Waals surface area contributed by atoms with Gasteiger partial charge in [0.05, 0.1) is 17.1 Å². The number of rotatable bonds is 4. The fourth-order valence-electron chi connectivity index (χ4n) is 5.12. The molecule has 0 radical (unpaired) electrons. The van der Waals surface area contributed by atoms with Gasteiger partial charge in [-0.15, -0.1) is 11.3 Å². The van der Waals surface area contributed by atoms with E-state index >= 15 is 0 Å². The van der Waals surface area contributed by atoms with Crippen LogP contribution in [-0.2, 0) is 4.79 Å². The van der Waals surface area contributed by atoms with E-state index in [4.69, 9.17) is 0 Å². The molecule has 7 heteroatoms. The fraction of sp³-hybridized carbons (Fsp3) is 0.750. The van der Waals surface area contributed by atoms with Gasteiger partial charge in [0.25, 0.3) is 5.91 Å². The Hall–Kier alpha value is -1.47. The van der Waals surface area contributed by atoms with Crippen LogP contribution < -0.4 is 5.32 Å². The minimum absolute atomic E-state index is 0.0931. The molecule has 3 aliphatic rings. The van der Waals surface area contributed by atoms with Crippen molar-refractivity contribution in [1.29, 1.82) is 0 Å². The molecule has 3 aliphatic heterocycles. The number of fused-ring (bicyclic) bond motifs is 2. The maximum Gasteiger partial charge on any atom is 0.265 e. The van der Waals surface area contributed by atoms with Gasteiger partial charge >= 0.3 is 0 Å². The van der Waals surface area contributed by atoms with E-state index in [-0.39, 0.29) is 23.3 Å². The second-order valence-electron chi connectivity index (χ2n) is 8.65. The van der Waals surface area contributed by atoms with E-state index < -0.39 is 0 Å². The number of aryl methyl sites for hydroxylation is 1. The minimum atomic E-state index is -0.120. The lowest BCUT2D eigenvalue weighted by Gasteiger charge is -2.42. The standard InChI is InChI=1S/C20H30N4O2S/c1-4-13(2)9-23-10-15-16(11-23)20(22-18(15)25)5-7-24(8-6-20)19(26)17-14(3)21-12-27-17/h12-13,15-16H,4-11H2,1-3H3,(H,22,25)/t13?,15-,16+/m1/s1. The van der Waals surface area contributed by atoms with Gasteiger partial charge in [0.15, 0.2) is 0 Å². The van der Waals surface area contributed by atoms with Crippen LogP contribution in [0.25, 0.3) is 0 Å². The number of amides is 2. The highest BCUT2D eigenvalue weighted by Crippen LogP contribution is 2.44. The average Bonchev–Trinajstić information content (AvgIpc) is 3.33. The maximum atomic E-state index is 12.8. The lowest BCUT2D eigenvalue weighted by molar-refractivity contribution is -0.123. The topological polar surface area (TPSA) is 65.5 Å². The summed E-state index contributed by atoms with van der Waals surface area (Å²) < 4.78 is 0. The SMILES string of the molecule is CCC(C)CN1C[C@H]2C(=O)NC3(CCN(C(=O)c4scnc4C)CC3)[C@H]2C1. The Labute approximate surface area is 165 Å². The van der Waals surface area contributed by atoms with Gasteiger partial charge in [0.1, 0.15) is 4.88 Å². The van der Waals surface area contributed by atoms with Crippen LogP contribution in [0.15, 0.2) is 5.51 Å². The number of carbonyl (C=O) groups excluding carboxylic acids is 2. The number of thiazole rings is 1. The van der Waals surface area contributed by atoms with Gasteiger partial charge in [-0.2, -0.15) is 0 Å². The van der Waals surface area contributed by atoms with E-state index in [1.54, 1.807) is 5.51 Å². The summed E-state index contributed by atoms with van der Waals surface area (Å²) >= 11 is 1.42. The van der Waals surface area contributed by atoms with Crippen molar-refractivity contribution in [3.8, 4) is 0 Å². The first kappa shape index (κ1) is 18.9. The third-order valence-electron chi connectivity index (χ3n) is 6.96. The first-order chi connectivity index (χ1) is 12.9. The number of hydrogen-bond donors (Lipinski definition) is 1. The molecule has 0 aromatic carbocycles. The molecule has 1 aromatic heterocycles. The van der Waals surface area contributed by atoms with Crippen molar-refractivity contribution < 1.29 is 9.59 Å². The van der Waals surface area contributed by atoms with Crippen LogP contribution in [0.1, 0.15) is 48.5 Å². The monoisotopic (exact) mass is 390 g/mol. The summed E-state index contributed by atoms with van der Waals surface area (Å²) in [5.41, 5.74) is 2.43. The molecule has 27 heavy (non-hydrogen) atoms. The van der Waals surface area contributed by atoms with Crippen LogP contribution >= 0.6 is 11.3 Å². The molecule has 3 fully saturated rings. The zero-order valence-corrected chi connectivity index (χ0v) is 17.3. The number of nitrogens with one attached hydrogen (secondary N) is 1. The summed E-state index contributed by atoms with van der Waals surface area (Å²) in [4.78, 5) is 34.8. The van der Waals surface area contributed by atoms with Crippen molar-refractivity contribution >= 4 is 23.2 Å². The summed E-state index contributed by atoms with van der Waals surface area (Å²) in [7, 11) is 0. The van der Waals surface area contributed by atoms with Crippen LogP contribution in [0.2, 0.25) is 0 Å². The molecule has 0 bridgehead atoms. The van der Waals surface area contributed by atoms with Crippen molar-refractivity contribution in [3.05, 3.63) is 16.1 Å². The second-order valence-corrected chi connectivity index (χ2v) is 9.50. The molecule has 1 aromatic rings. The summed E-state index contributed by atoms with van der Waals surface area (Å²) in [5.74, 6) is 1.50. The van der Waals surface area contributed by atoms with Gasteiger partial charge < -0.3 is 15.1 Å². The number of carbonyl (C=O) groups is 2. The summed E-state index contributed by atoms with van der Waals surface area (Å²) in [6.07, 6.45) is 2.90. The van der Waals surface area contributed by atoms with E-state index in [2.05, 4.69) is 29.0 Å². The molecule has 0 aliphatic carbocycles. The third kappa shape index (κ3) is 3.29. The van der Waals surface area contributed by atoms with E-state index in [0.29, 0.717) is 24.9 Å². The van der Waals surface area contributed by atoms with Crippen molar-refractivity contribution in [2.75, 3.05) is 32.7 Å². The van der Waals surface area contributed by atoms with E-state index in [1.807, 2.05) is 11.8 Å². The first-order valence-corrected chi connectivity index (χ1v) is 11.0. The number of piperidine rings is 1. The maximum absolute atomic E-state index is 12.8. The highest BCUT2D eigenvalue weighted by molar-refractivity contribution is 7.11. The van der Waals surface area contributed by atoms with Crippen LogP contribution in [0, 0.1) is 24.7 Å². The summed E-state index contributed by atoms with van der Waals surface area (Å²) in [5, 5.41) is 3.35. The zero-order chi connectivity index (χ0) is 19.2. The molecule has 1 unspecified atom stereocenters. The molecular formula is C20H30N4O2S. The Morgan fingerprint density at radius 2 is 2.15 bits per heavy atom. The van der Waals surface area contributed by atoms with Crippen LogP contribution in [0.3, 0.4) is 0 Å². The minimum Gasteiger partial charge on any atom is -0.350 e. The predicted molar refractivity (Wildman–Crippen MR) is 106 cm³/mol. The molecule has 3 atom stereocenters. The number of nitrogens with zero attached hydrogens (tertiary/aromatic N) is 3. The third-order valence-corrected chi connectivity index (χ3v) is 7.88. The molecule has 148 valence electrons. The smallest absolute Gasteiger partial charge is 0.265 e. The number of hydrogen-bond acceptors (Lipinski definition) is 5. The average molecular weight is 391 g/mol. The van der Waals surface area contributed by atoms with Gasteiger partial charge in [0, 0.05) is 44.2 Å². The Kier molecular flexibility index (Phi) is 5.01. The quantitative estimate of drug-likeness (QED) is 0.856. The van der Waals surface area contributed by atoms with Crippen molar-refractivity contribution in [2.45, 2.75) is 45.6 Å². The van der Waals surface area contributed by atoms with Crippen molar-refractivity contribution in [3.63, 3.8) is 0 Å². The molecule has 1 spiro atoms. The molecule has 2 amide bonds. The molecule has 0 saturated carbocycles. The molecule has 1 N–H and O–H groups in total. The summed E-state index contributed by atoms with van der Waals surface area (Å²) in [6, 6.07) is 0. The lowest BCUT2D eigenvalue weighted by Crippen LogP contribution is -2.56. The Morgan fingerprint density at radius 3 is 2.78 bits per heavy atom. The lowest BCUT2D eigenvalue weighted by atomic mass is 9.75. The first-order valence-electron chi connectivity index (χ1n) is 10.2. The van der Waals surface area contributed by atoms with Crippen LogP contribution in [0.4, 0.5) is 0 Å². The van der Waals surface area contributed by atoms with E-state index in [9.17, 15) is 9.59 Å².